The number of aromatic nitrogens is 6. The van der Waals surface area contributed by atoms with E-state index in [9.17, 15) is 0 Å². The zero-order chi connectivity index (χ0) is 97.2. The molecule has 0 saturated carbocycles. The van der Waals surface area contributed by atoms with Crippen molar-refractivity contribution in [2.24, 2.45) is 0 Å². The van der Waals surface area contributed by atoms with E-state index in [1.807, 2.05) is 103 Å². The fourth-order valence-electron chi connectivity index (χ4n) is 21.3. The van der Waals surface area contributed by atoms with Gasteiger partial charge in [-0.05, 0) is 218 Å². The van der Waals surface area contributed by atoms with Crippen LogP contribution in [0, 0.1) is 0 Å². The van der Waals surface area contributed by atoms with Gasteiger partial charge in [-0.2, -0.15) is 0 Å². The minimum Gasteiger partial charge on any atom is -0.455 e. The van der Waals surface area contributed by atoms with Gasteiger partial charge in [0.05, 0.1) is 49.8 Å². The molecule has 0 spiro atoms. The molecule has 686 valence electrons. The summed E-state index contributed by atoms with van der Waals surface area (Å²) in [4.78, 5) is 31.0. The normalized spacial score (nSPS) is 11.5. The molecule has 29 rings (SSSR count). The molecule has 0 aliphatic heterocycles. The number of benzene rings is 23. The lowest BCUT2D eigenvalue weighted by Gasteiger charge is -2.13. The predicted octanol–water partition coefficient (Wildman–Crippen LogP) is 37.4. The van der Waals surface area contributed by atoms with E-state index in [0.717, 1.165) is 182 Å². The van der Waals surface area contributed by atoms with Gasteiger partial charge in [0.15, 0.2) is 17.5 Å². The lowest BCUT2D eigenvalue weighted by Crippen LogP contribution is -1.96. The second-order valence-corrected chi connectivity index (χ2v) is 37.3. The Balaban J connectivity index is 0.000000109. The molecule has 0 aliphatic rings. The maximum atomic E-state index is 6.51. The van der Waals surface area contributed by atoms with Gasteiger partial charge in [0.2, 0.25) is 0 Å². The quantitative estimate of drug-likeness (QED) is 0.0981. The molecule has 0 bridgehead atoms. The minimum atomic E-state index is 0.679. The van der Waals surface area contributed by atoms with E-state index < -0.39 is 0 Å². The number of para-hydroxylation sites is 3. The summed E-state index contributed by atoms with van der Waals surface area (Å²) >= 11 is 0. The maximum Gasteiger partial charge on any atom is 0.160 e. The van der Waals surface area contributed by atoms with Crippen LogP contribution in [0.25, 0.3) is 288 Å². The first kappa shape index (κ1) is 86.4. The Morgan fingerprint density at radius 2 is 0.354 bits per heavy atom. The zero-order valence-electron chi connectivity index (χ0n) is 79.6. The van der Waals surface area contributed by atoms with Crippen LogP contribution >= 0.6 is 0 Å². The second-order valence-electron chi connectivity index (χ2n) is 37.3. The second kappa shape index (κ2) is 37.0. The average molecular weight is 1880 g/mol. The van der Waals surface area contributed by atoms with Crippen LogP contribution in [0.5, 0.6) is 0 Å². The molecule has 0 saturated heterocycles. The molecule has 6 aromatic heterocycles. The molecule has 29 aromatic rings. The van der Waals surface area contributed by atoms with Crippen LogP contribution in [0.1, 0.15) is 0 Å². The Hall–Kier alpha value is -19.7. The monoisotopic (exact) mass is 1870 g/mol. The van der Waals surface area contributed by atoms with Crippen molar-refractivity contribution in [2.45, 2.75) is 0 Å². The summed E-state index contributed by atoms with van der Waals surface area (Å²) in [5.74, 6) is 2.05. The summed E-state index contributed by atoms with van der Waals surface area (Å²) in [5.41, 5.74) is 34.8. The number of hydrogen-bond donors (Lipinski definition) is 0. The van der Waals surface area contributed by atoms with Gasteiger partial charge in [-0.15, -0.1) is 0 Å². The smallest absolute Gasteiger partial charge is 0.160 e. The van der Waals surface area contributed by atoms with Gasteiger partial charge in [-0.25, -0.2) is 29.9 Å². The molecule has 0 aliphatic carbocycles. The van der Waals surface area contributed by atoms with E-state index in [0.29, 0.717) is 17.5 Å². The fourth-order valence-corrected chi connectivity index (χ4v) is 21.3. The van der Waals surface area contributed by atoms with E-state index in [-0.39, 0.29) is 0 Å². The Kier molecular flexibility index (Phi) is 21.8. The van der Waals surface area contributed by atoms with Gasteiger partial charge in [0.25, 0.3) is 0 Å². The van der Waals surface area contributed by atoms with Gasteiger partial charge in [0, 0.05) is 65.7 Å². The molecule has 0 fully saturated rings. The Labute approximate surface area is 846 Å². The summed E-state index contributed by atoms with van der Waals surface area (Å²) < 4.78 is 19.4. The molecule has 0 amide bonds. The van der Waals surface area contributed by atoms with Crippen LogP contribution in [0.4, 0.5) is 0 Å². The summed E-state index contributed by atoms with van der Waals surface area (Å²) in [7, 11) is 0. The highest BCUT2D eigenvalue weighted by Gasteiger charge is 2.25. The van der Waals surface area contributed by atoms with Gasteiger partial charge in [-0.3, -0.25) is 0 Å². The van der Waals surface area contributed by atoms with E-state index >= 15 is 0 Å². The highest BCUT2D eigenvalue weighted by molar-refractivity contribution is 6.27. The highest BCUT2D eigenvalue weighted by atomic mass is 16.3. The van der Waals surface area contributed by atoms with Crippen molar-refractivity contribution in [3.63, 3.8) is 0 Å². The molecule has 147 heavy (non-hydrogen) atoms. The van der Waals surface area contributed by atoms with Crippen molar-refractivity contribution in [3.8, 4) is 157 Å². The largest absolute Gasteiger partial charge is 0.455 e. The van der Waals surface area contributed by atoms with Crippen molar-refractivity contribution in [2.75, 3.05) is 0 Å². The molecular formula is C138H86N6O3. The molecule has 0 atom stereocenters. The van der Waals surface area contributed by atoms with E-state index in [1.54, 1.807) is 0 Å². The Bertz CT molecular complexity index is 10200. The predicted molar refractivity (Wildman–Crippen MR) is 609 cm³/mol. The number of rotatable bonds is 14. The van der Waals surface area contributed by atoms with Crippen molar-refractivity contribution >= 4 is 131 Å². The van der Waals surface area contributed by atoms with Crippen molar-refractivity contribution in [3.05, 3.63) is 522 Å². The highest BCUT2D eigenvalue weighted by Crippen LogP contribution is 2.47. The first-order chi connectivity index (χ1) is 72.8. The third-order valence-electron chi connectivity index (χ3n) is 28.4. The van der Waals surface area contributed by atoms with Crippen LogP contribution in [0.3, 0.4) is 0 Å². The standard InChI is InChI=1S/C50H30N2O.2C44H28N2O/c1-2-12-31(13-3-1)48-47-45(27-26-43-42-22-8-9-23-46(42)53-49(43)47)51-50(52-48)36-17-11-16-34(29-36)32-14-10-15-33(28-32)35-24-25-41-39-20-5-4-18-37(39)38-19-6-7-21-40(38)44(41)30-35;1-3-11-29(12-4-1)30-21-23-31(24-22-30)33-15-9-16-34(27-33)35-17-10-18-36(28-35)42-41-39(45-44(46-42)32-13-5-2-6-14-32)26-25-38-37-19-7-8-20-40(37)47-43(38)41;1-3-13-29(14-4-1)35-21-7-8-22-36(35)33-19-11-17-31(27-33)32-18-12-20-34(28-32)44-45-39-26-25-38-37-23-9-10-24-40(37)47-43(38)41(39)42(46-44)30-15-5-2-6-16-30/h1-30H;2*1-28H. The molecule has 9 nitrogen and oxygen atoms in total. The van der Waals surface area contributed by atoms with E-state index in [1.165, 1.54) is 88.0 Å². The third kappa shape index (κ3) is 16.1. The molecule has 0 unspecified atom stereocenters. The summed E-state index contributed by atoms with van der Waals surface area (Å²) in [6.45, 7) is 0. The summed E-state index contributed by atoms with van der Waals surface area (Å²) in [6, 6.07) is 183. The van der Waals surface area contributed by atoms with Gasteiger partial charge < -0.3 is 13.3 Å². The lowest BCUT2D eigenvalue weighted by molar-refractivity contribution is 0.672. The molecular weight excluding hydrogens is 1790 g/mol. The van der Waals surface area contributed by atoms with Crippen LogP contribution in [-0.2, 0) is 0 Å². The van der Waals surface area contributed by atoms with Crippen LogP contribution in [0.2, 0.25) is 0 Å². The van der Waals surface area contributed by atoms with Gasteiger partial charge in [-0.1, -0.05) is 425 Å². The Morgan fingerprint density at radius 3 is 0.755 bits per heavy atom. The van der Waals surface area contributed by atoms with Gasteiger partial charge >= 0.3 is 0 Å². The summed E-state index contributed by atoms with van der Waals surface area (Å²) in [5, 5.41) is 16.9. The molecule has 23 aromatic carbocycles. The van der Waals surface area contributed by atoms with Crippen LogP contribution < -0.4 is 0 Å². The number of nitrogens with zero attached hydrogens (tertiary/aromatic N) is 6. The summed E-state index contributed by atoms with van der Waals surface area (Å²) in [6.07, 6.45) is 0. The number of fused-ring (bicyclic) bond motifs is 21. The molecule has 0 radical (unpaired) electrons. The number of hydrogen-bond acceptors (Lipinski definition) is 9. The topological polar surface area (TPSA) is 117 Å². The van der Waals surface area contributed by atoms with E-state index in [4.69, 9.17) is 43.2 Å². The maximum absolute atomic E-state index is 6.51. The molecule has 6 heterocycles. The van der Waals surface area contributed by atoms with Crippen molar-refractivity contribution < 1.29 is 13.3 Å². The van der Waals surface area contributed by atoms with Crippen molar-refractivity contribution in [1.29, 1.82) is 0 Å². The first-order valence-corrected chi connectivity index (χ1v) is 49.6. The Morgan fingerprint density at radius 1 is 0.122 bits per heavy atom. The van der Waals surface area contributed by atoms with Crippen molar-refractivity contribution in [1.82, 2.24) is 29.9 Å². The SMILES string of the molecule is c1ccc(-c2ccc(-c3cccc(-c4cccc(-c5nc(-c6ccccc6)nc6ccc7c8ccccc8oc7c56)c4)c3)cc2)cc1.c1ccc(-c2ccccc2-c2cccc(-c3cccc(-c4nc(-c5ccccc5)c5c(ccc6c7ccccc7oc65)n4)c3)c2)cc1.c1ccc(-c2nc(-c3cccc(-c4cccc(-c5ccc6c7ccccc7c7ccccc7c6c5)c4)c3)nc3ccc4c5ccccc5oc4c23)cc1. The zero-order valence-corrected chi connectivity index (χ0v) is 79.6. The van der Waals surface area contributed by atoms with Gasteiger partial charge in [0.1, 0.15) is 33.5 Å². The number of furan rings is 3. The van der Waals surface area contributed by atoms with E-state index in [2.05, 4.69) is 419 Å². The first-order valence-electron chi connectivity index (χ1n) is 49.6. The van der Waals surface area contributed by atoms with Crippen LogP contribution in [0.15, 0.2) is 535 Å². The van der Waals surface area contributed by atoms with Crippen LogP contribution in [-0.4, -0.2) is 29.9 Å². The average Bonchev–Trinajstić information content (AvgIpc) is 1.62. The fraction of sp³-hybridized carbons (Fsp3) is 0. The lowest BCUT2D eigenvalue weighted by atomic mass is 9.91. The molecule has 9 heteroatoms. The molecule has 0 N–H and O–H groups in total. The third-order valence-corrected chi connectivity index (χ3v) is 28.4. The minimum absolute atomic E-state index is 0.679.